The average Bonchev–Trinajstić information content (AvgIpc) is 2.99. The molecule has 0 unspecified atom stereocenters. The number of benzene rings is 2. The number of hydrogen-bond donors (Lipinski definition) is 0. The molecule has 1 fully saturated rings. The Hall–Kier alpha value is -3.51. The van der Waals surface area contributed by atoms with Crippen LogP contribution in [0.3, 0.4) is 0 Å². The van der Waals surface area contributed by atoms with Gasteiger partial charge in [0.25, 0.3) is 11.8 Å². The predicted molar refractivity (Wildman–Crippen MR) is 123 cm³/mol. The molecule has 3 aromatic rings. The zero-order valence-corrected chi connectivity index (χ0v) is 17.8. The molecule has 2 aromatic carbocycles. The number of hydrogen-bond acceptors (Lipinski definition) is 3. The van der Waals surface area contributed by atoms with Crippen molar-refractivity contribution in [1.29, 1.82) is 0 Å². The molecule has 1 aromatic heterocycles. The Morgan fingerprint density at radius 2 is 1.27 bits per heavy atom. The van der Waals surface area contributed by atoms with Crippen LogP contribution in [0.5, 0.6) is 0 Å². The minimum absolute atomic E-state index is 0.0741. The first-order chi connectivity index (χ1) is 14.4. The monoisotopic (exact) mass is 415 g/mol. The number of para-hydroxylation sites is 2. The number of aromatic nitrogens is 1. The van der Waals surface area contributed by atoms with E-state index in [0.29, 0.717) is 11.4 Å². The van der Waals surface area contributed by atoms with Crippen LogP contribution in [0.15, 0.2) is 72.3 Å². The summed E-state index contributed by atoms with van der Waals surface area (Å²) in [5, 5.41) is 0.139. The van der Waals surface area contributed by atoms with Crippen molar-refractivity contribution in [3.8, 4) is 0 Å². The van der Waals surface area contributed by atoms with Crippen molar-refractivity contribution < 1.29 is 9.59 Å². The van der Waals surface area contributed by atoms with Gasteiger partial charge in [0.2, 0.25) is 0 Å². The van der Waals surface area contributed by atoms with Gasteiger partial charge in [-0.05, 0) is 68.0 Å². The van der Waals surface area contributed by atoms with Crippen LogP contribution < -0.4 is 9.80 Å². The summed E-state index contributed by atoms with van der Waals surface area (Å²) in [7, 11) is 1.96. The first-order valence-corrected chi connectivity index (χ1v) is 9.98. The SMILES string of the molecule is Cc1cc(C=C2C(=O)N(c3ccccc3)C(=S)N(c3ccccc3)C2=O)c(C)n1C. The van der Waals surface area contributed by atoms with Crippen molar-refractivity contribution in [2.75, 3.05) is 9.80 Å². The van der Waals surface area contributed by atoms with E-state index >= 15 is 0 Å². The fourth-order valence-corrected chi connectivity index (χ4v) is 3.90. The smallest absolute Gasteiger partial charge is 0.270 e. The van der Waals surface area contributed by atoms with E-state index in [1.165, 1.54) is 9.80 Å². The Bertz CT molecular complexity index is 1120. The van der Waals surface area contributed by atoms with Crippen LogP contribution in [0.4, 0.5) is 11.4 Å². The van der Waals surface area contributed by atoms with Crippen molar-refractivity contribution in [3.63, 3.8) is 0 Å². The Morgan fingerprint density at radius 1 is 0.800 bits per heavy atom. The molecule has 2 amide bonds. The largest absolute Gasteiger partial charge is 0.352 e. The third kappa shape index (κ3) is 3.25. The lowest BCUT2D eigenvalue weighted by molar-refractivity contribution is -0.120. The van der Waals surface area contributed by atoms with Gasteiger partial charge >= 0.3 is 0 Å². The van der Waals surface area contributed by atoms with Gasteiger partial charge in [0.1, 0.15) is 5.57 Å². The highest BCUT2D eigenvalue weighted by atomic mass is 32.1. The molecular formula is C24H21N3O2S. The first-order valence-electron chi connectivity index (χ1n) is 9.57. The molecule has 0 N–H and O–H groups in total. The van der Waals surface area contributed by atoms with Crippen LogP contribution in [0.25, 0.3) is 6.08 Å². The molecule has 5 nitrogen and oxygen atoms in total. The van der Waals surface area contributed by atoms with Crippen molar-refractivity contribution in [2.24, 2.45) is 7.05 Å². The van der Waals surface area contributed by atoms with E-state index in [2.05, 4.69) is 0 Å². The van der Waals surface area contributed by atoms with E-state index < -0.39 is 11.8 Å². The molecule has 0 radical (unpaired) electrons. The predicted octanol–water partition coefficient (Wildman–Crippen LogP) is 4.39. The molecule has 1 aliphatic rings. The zero-order chi connectivity index (χ0) is 21.4. The second-order valence-corrected chi connectivity index (χ2v) is 7.54. The van der Waals surface area contributed by atoms with Crippen LogP contribution in [-0.2, 0) is 16.6 Å². The number of carbonyl (C=O) groups excluding carboxylic acids is 2. The molecule has 0 aliphatic carbocycles. The van der Waals surface area contributed by atoms with Gasteiger partial charge in [-0.2, -0.15) is 0 Å². The van der Waals surface area contributed by atoms with Crippen LogP contribution >= 0.6 is 12.2 Å². The number of rotatable bonds is 3. The number of nitrogens with zero attached hydrogens (tertiary/aromatic N) is 3. The van der Waals surface area contributed by atoms with Crippen molar-refractivity contribution in [3.05, 3.63) is 89.3 Å². The summed E-state index contributed by atoms with van der Waals surface area (Å²) in [5.41, 5.74) is 4.17. The van der Waals surface area contributed by atoms with Crippen LogP contribution in [0.1, 0.15) is 17.0 Å². The normalized spacial score (nSPS) is 14.5. The van der Waals surface area contributed by atoms with Gasteiger partial charge in [0.05, 0.1) is 11.4 Å². The van der Waals surface area contributed by atoms with Crippen molar-refractivity contribution >= 4 is 46.6 Å². The summed E-state index contributed by atoms with van der Waals surface area (Å²) in [6.07, 6.45) is 1.67. The lowest BCUT2D eigenvalue weighted by Gasteiger charge is -2.36. The van der Waals surface area contributed by atoms with Gasteiger partial charge in [0, 0.05) is 18.4 Å². The molecule has 4 rings (SSSR count). The summed E-state index contributed by atoms with van der Waals surface area (Å²) < 4.78 is 2.03. The first kappa shape index (κ1) is 19.8. The van der Waals surface area contributed by atoms with Crippen LogP contribution in [0, 0.1) is 13.8 Å². The molecule has 150 valence electrons. The maximum atomic E-state index is 13.4. The van der Waals surface area contributed by atoms with Gasteiger partial charge < -0.3 is 4.57 Å². The molecule has 30 heavy (non-hydrogen) atoms. The number of amides is 2. The van der Waals surface area contributed by atoms with Gasteiger partial charge in [-0.1, -0.05) is 36.4 Å². The quantitative estimate of drug-likeness (QED) is 0.362. The summed E-state index contributed by atoms with van der Waals surface area (Å²) in [6.45, 7) is 3.95. The Balaban J connectivity index is 1.89. The summed E-state index contributed by atoms with van der Waals surface area (Å²) in [5.74, 6) is -0.853. The number of anilines is 2. The summed E-state index contributed by atoms with van der Waals surface area (Å²) in [6, 6.07) is 20.3. The molecule has 0 saturated carbocycles. The number of aryl methyl sites for hydroxylation is 1. The Morgan fingerprint density at radius 3 is 1.67 bits per heavy atom. The molecule has 1 saturated heterocycles. The highest BCUT2D eigenvalue weighted by molar-refractivity contribution is 7.81. The molecule has 0 spiro atoms. The number of carbonyl (C=O) groups is 2. The fraction of sp³-hybridized carbons (Fsp3) is 0.125. The van der Waals surface area contributed by atoms with Crippen LogP contribution in [0.2, 0.25) is 0 Å². The molecular weight excluding hydrogens is 394 g/mol. The highest BCUT2D eigenvalue weighted by Gasteiger charge is 2.41. The fourth-order valence-electron chi connectivity index (χ4n) is 3.53. The van der Waals surface area contributed by atoms with Gasteiger partial charge in [-0.25, -0.2) is 0 Å². The minimum atomic E-state index is -0.427. The molecule has 0 bridgehead atoms. The van der Waals surface area contributed by atoms with Gasteiger partial charge in [0.15, 0.2) is 5.11 Å². The third-order valence-electron chi connectivity index (χ3n) is 5.39. The van der Waals surface area contributed by atoms with Crippen LogP contribution in [-0.4, -0.2) is 21.5 Å². The zero-order valence-electron chi connectivity index (χ0n) is 17.0. The Labute approximate surface area is 180 Å². The number of thiocarbonyl (C=S) groups is 1. The van der Waals surface area contributed by atoms with Crippen molar-refractivity contribution in [1.82, 2.24) is 4.57 Å². The summed E-state index contributed by atoms with van der Waals surface area (Å²) in [4.78, 5) is 29.7. The molecule has 1 aliphatic heterocycles. The van der Waals surface area contributed by atoms with E-state index in [-0.39, 0.29) is 10.7 Å². The topological polar surface area (TPSA) is 45.6 Å². The van der Waals surface area contributed by atoms with Gasteiger partial charge in [-0.3, -0.25) is 19.4 Å². The van der Waals surface area contributed by atoms with E-state index in [4.69, 9.17) is 12.2 Å². The van der Waals surface area contributed by atoms with E-state index in [0.717, 1.165) is 17.0 Å². The summed E-state index contributed by atoms with van der Waals surface area (Å²) >= 11 is 5.61. The maximum absolute atomic E-state index is 13.4. The maximum Gasteiger partial charge on any atom is 0.270 e. The minimum Gasteiger partial charge on any atom is -0.352 e. The lowest BCUT2D eigenvalue weighted by atomic mass is 10.1. The standard InChI is InChI=1S/C24H21N3O2S/c1-16-14-18(17(2)25(16)3)15-21-22(28)26(19-10-6-4-7-11-19)24(30)27(23(21)29)20-12-8-5-9-13-20/h4-15H,1-3H3. The average molecular weight is 416 g/mol. The lowest BCUT2D eigenvalue weighted by Crippen LogP contribution is -2.56. The molecule has 2 heterocycles. The molecule has 0 atom stereocenters. The van der Waals surface area contributed by atoms with E-state index in [9.17, 15) is 9.59 Å². The second kappa shape index (κ2) is 7.72. The molecule has 6 heteroatoms. The Kier molecular flexibility index (Phi) is 5.10. The second-order valence-electron chi connectivity index (χ2n) is 7.18. The highest BCUT2D eigenvalue weighted by Crippen LogP contribution is 2.30. The van der Waals surface area contributed by atoms with E-state index in [1.54, 1.807) is 30.3 Å². The van der Waals surface area contributed by atoms with Gasteiger partial charge in [-0.15, -0.1) is 0 Å². The third-order valence-corrected chi connectivity index (χ3v) is 5.76. The van der Waals surface area contributed by atoms with E-state index in [1.807, 2.05) is 67.9 Å². The van der Waals surface area contributed by atoms with Crippen molar-refractivity contribution in [2.45, 2.75) is 13.8 Å².